The lowest BCUT2D eigenvalue weighted by molar-refractivity contribution is 0.0517. The second kappa shape index (κ2) is 11.1. The lowest BCUT2D eigenvalue weighted by atomic mass is 10.1. The number of nitrogens with one attached hydrogen (secondary N) is 1. The molecule has 0 aromatic heterocycles. The van der Waals surface area contributed by atoms with E-state index in [2.05, 4.69) is 5.32 Å². The molecule has 0 aliphatic heterocycles. The highest BCUT2D eigenvalue weighted by Gasteiger charge is 2.11. The van der Waals surface area contributed by atoms with Gasteiger partial charge in [-0.3, -0.25) is 0 Å². The normalized spacial score (nSPS) is 11.0. The van der Waals surface area contributed by atoms with Crippen LogP contribution in [0.15, 0.2) is 77.8 Å². The number of hydrogen-bond acceptors (Lipinski definition) is 5. The van der Waals surface area contributed by atoms with E-state index in [-0.39, 0.29) is 11.9 Å². The van der Waals surface area contributed by atoms with Gasteiger partial charge in [-0.1, -0.05) is 23.7 Å². The van der Waals surface area contributed by atoms with Crippen LogP contribution in [0.4, 0.5) is 11.4 Å². The molecule has 0 bridgehead atoms. The standard InChI is InChI=1S/C25H23ClN2O4/c1-3-31-24(29)17-9-13-19(14-10-17)27-23(21-7-5-6-8-22(21)26)28-20-15-11-18(12-16-20)25(30)32-4-2/h5-16H,3-4H2,1-2H3,(H,27,28). The molecule has 0 unspecified atom stereocenters. The molecule has 0 spiro atoms. The fourth-order valence-electron chi connectivity index (χ4n) is 2.87. The summed E-state index contributed by atoms with van der Waals surface area (Å²) in [5.41, 5.74) is 2.97. The maximum atomic E-state index is 11.9. The summed E-state index contributed by atoms with van der Waals surface area (Å²) in [4.78, 5) is 28.5. The summed E-state index contributed by atoms with van der Waals surface area (Å²) in [6.07, 6.45) is 0. The highest BCUT2D eigenvalue weighted by Crippen LogP contribution is 2.22. The topological polar surface area (TPSA) is 77.0 Å². The Morgan fingerprint density at radius 1 is 0.812 bits per heavy atom. The van der Waals surface area contributed by atoms with Gasteiger partial charge >= 0.3 is 11.9 Å². The van der Waals surface area contributed by atoms with E-state index in [1.807, 2.05) is 18.2 Å². The van der Waals surface area contributed by atoms with E-state index in [1.54, 1.807) is 68.4 Å². The molecule has 164 valence electrons. The third kappa shape index (κ3) is 5.95. The van der Waals surface area contributed by atoms with Gasteiger partial charge in [0.2, 0.25) is 0 Å². The number of benzene rings is 3. The van der Waals surface area contributed by atoms with E-state index in [0.29, 0.717) is 46.4 Å². The van der Waals surface area contributed by atoms with Crippen LogP contribution in [0.3, 0.4) is 0 Å². The van der Waals surface area contributed by atoms with Crippen LogP contribution in [0.1, 0.15) is 40.1 Å². The number of aliphatic imine (C=N–C) groups is 1. The minimum absolute atomic E-state index is 0.314. The number of hydrogen-bond donors (Lipinski definition) is 1. The highest BCUT2D eigenvalue weighted by atomic mass is 35.5. The Labute approximate surface area is 191 Å². The zero-order valence-electron chi connectivity index (χ0n) is 17.8. The number of carbonyl (C=O) groups excluding carboxylic acids is 2. The lowest BCUT2D eigenvalue weighted by Crippen LogP contribution is -2.14. The number of esters is 2. The molecule has 3 aromatic rings. The van der Waals surface area contributed by atoms with E-state index in [0.717, 1.165) is 5.69 Å². The highest BCUT2D eigenvalue weighted by molar-refractivity contribution is 6.35. The first-order valence-electron chi connectivity index (χ1n) is 10.2. The van der Waals surface area contributed by atoms with E-state index in [1.165, 1.54) is 0 Å². The van der Waals surface area contributed by atoms with Gasteiger partial charge in [0.15, 0.2) is 0 Å². The number of rotatable bonds is 7. The van der Waals surface area contributed by atoms with E-state index >= 15 is 0 Å². The molecule has 0 heterocycles. The van der Waals surface area contributed by atoms with Gasteiger partial charge in [0.05, 0.1) is 35.1 Å². The number of carbonyl (C=O) groups is 2. The number of ether oxygens (including phenoxy) is 2. The zero-order chi connectivity index (χ0) is 22.9. The third-order valence-electron chi connectivity index (χ3n) is 4.41. The van der Waals surface area contributed by atoms with Crippen LogP contribution in [0.2, 0.25) is 5.02 Å². The third-order valence-corrected chi connectivity index (χ3v) is 4.74. The molecule has 3 aromatic carbocycles. The minimum atomic E-state index is -0.380. The molecule has 0 saturated heterocycles. The summed E-state index contributed by atoms with van der Waals surface area (Å²) in [6.45, 7) is 4.15. The Morgan fingerprint density at radius 3 is 1.88 bits per heavy atom. The Kier molecular flexibility index (Phi) is 8.00. The summed E-state index contributed by atoms with van der Waals surface area (Å²) in [5.74, 6) is -0.238. The summed E-state index contributed by atoms with van der Waals surface area (Å²) in [6, 6.07) is 21.0. The smallest absolute Gasteiger partial charge is 0.338 e. The first-order chi connectivity index (χ1) is 15.5. The molecular formula is C25H23ClN2O4. The summed E-state index contributed by atoms with van der Waals surface area (Å²) in [5, 5.41) is 3.79. The second-order valence-electron chi connectivity index (χ2n) is 6.63. The van der Waals surface area contributed by atoms with Crippen molar-refractivity contribution in [2.75, 3.05) is 18.5 Å². The Balaban J connectivity index is 1.90. The van der Waals surface area contributed by atoms with Crippen LogP contribution in [-0.4, -0.2) is 31.0 Å². The largest absolute Gasteiger partial charge is 0.462 e. The molecule has 1 N–H and O–H groups in total. The van der Waals surface area contributed by atoms with Crippen LogP contribution < -0.4 is 5.32 Å². The van der Waals surface area contributed by atoms with E-state index in [9.17, 15) is 9.59 Å². The van der Waals surface area contributed by atoms with Gasteiger partial charge in [-0.25, -0.2) is 14.6 Å². The summed E-state index contributed by atoms with van der Waals surface area (Å²) < 4.78 is 10.0. The number of nitrogens with zero attached hydrogens (tertiary/aromatic N) is 1. The maximum Gasteiger partial charge on any atom is 0.338 e. The second-order valence-corrected chi connectivity index (χ2v) is 7.04. The molecular weight excluding hydrogens is 428 g/mol. The zero-order valence-corrected chi connectivity index (χ0v) is 18.6. The number of anilines is 1. The monoisotopic (exact) mass is 450 g/mol. The molecule has 6 nitrogen and oxygen atoms in total. The first kappa shape index (κ1) is 23.0. The number of amidine groups is 1. The summed E-state index contributed by atoms with van der Waals surface area (Å²) in [7, 11) is 0. The maximum absolute atomic E-state index is 11.9. The van der Waals surface area contributed by atoms with Crippen LogP contribution in [0, 0.1) is 0 Å². The van der Waals surface area contributed by atoms with Crippen LogP contribution in [0.5, 0.6) is 0 Å². The van der Waals surface area contributed by atoms with Gasteiger partial charge < -0.3 is 14.8 Å². The van der Waals surface area contributed by atoms with Gasteiger partial charge in [-0.15, -0.1) is 0 Å². The van der Waals surface area contributed by atoms with Crippen molar-refractivity contribution in [3.8, 4) is 0 Å². The van der Waals surface area contributed by atoms with Crippen molar-refractivity contribution in [1.82, 2.24) is 0 Å². The van der Waals surface area contributed by atoms with Crippen LogP contribution in [-0.2, 0) is 9.47 Å². The van der Waals surface area contributed by atoms with Gasteiger partial charge in [0, 0.05) is 11.3 Å². The van der Waals surface area contributed by atoms with Gasteiger partial charge in [-0.05, 0) is 74.5 Å². The SMILES string of the molecule is CCOC(=O)c1ccc(/N=C(/Nc2ccc(C(=O)OCC)cc2)c2ccccc2Cl)cc1. The lowest BCUT2D eigenvalue weighted by Gasteiger charge is -2.13. The predicted octanol–water partition coefficient (Wildman–Crippen LogP) is 5.88. The molecule has 0 aliphatic carbocycles. The molecule has 0 amide bonds. The van der Waals surface area contributed by atoms with Crippen molar-refractivity contribution in [3.63, 3.8) is 0 Å². The molecule has 0 radical (unpaired) electrons. The van der Waals surface area contributed by atoms with Gasteiger partial charge in [0.25, 0.3) is 0 Å². The quantitative estimate of drug-likeness (QED) is 0.276. The fraction of sp³-hybridized carbons (Fsp3) is 0.160. The van der Waals surface area contributed by atoms with E-state index in [4.69, 9.17) is 26.1 Å². The Hall–Kier alpha value is -3.64. The molecule has 3 rings (SSSR count). The average Bonchev–Trinajstić information content (AvgIpc) is 2.80. The predicted molar refractivity (Wildman–Crippen MR) is 126 cm³/mol. The molecule has 32 heavy (non-hydrogen) atoms. The minimum Gasteiger partial charge on any atom is -0.462 e. The van der Waals surface area contributed by atoms with Crippen molar-refractivity contribution in [3.05, 3.63) is 94.5 Å². The van der Waals surface area contributed by atoms with Crippen molar-refractivity contribution < 1.29 is 19.1 Å². The fourth-order valence-corrected chi connectivity index (χ4v) is 3.09. The summed E-state index contributed by atoms with van der Waals surface area (Å²) >= 11 is 6.41. The molecule has 0 aliphatic rings. The van der Waals surface area contributed by atoms with Gasteiger partial charge in [-0.2, -0.15) is 0 Å². The van der Waals surface area contributed by atoms with Gasteiger partial charge in [0.1, 0.15) is 5.84 Å². The van der Waals surface area contributed by atoms with Crippen LogP contribution in [0.25, 0.3) is 0 Å². The molecule has 7 heteroatoms. The van der Waals surface area contributed by atoms with Crippen molar-refractivity contribution in [2.24, 2.45) is 4.99 Å². The number of halogens is 1. The van der Waals surface area contributed by atoms with Crippen LogP contribution >= 0.6 is 11.6 Å². The Morgan fingerprint density at radius 2 is 1.34 bits per heavy atom. The average molecular weight is 451 g/mol. The van der Waals surface area contributed by atoms with Crippen molar-refractivity contribution in [2.45, 2.75) is 13.8 Å². The Bertz CT molecular complexity index is 1110. The van der Waals surface area contributed by atoms with E-state index < -0.39 is 0 Å². The van der Waals surface area contributed by atoms with Crippen molar-refractivity contribution >= 4 is 40.7 Å². The first-order valence-corrected chi connectivity index (χ1v) is 10.5. The van der Waals surface area contributed by atoms with Crippen molar-refractivity contribution in [1.29, 1.82) is 0 Å². The molecule has 0 fully saturated rings. The molecule has 0 saturated carbocycles. The molecule has 0 atom stereocenters.